The van der Waals surface area contributed by atoms with Crippen LogP contribution in [0.15, 0.2) is 70.8 Å². The Kier molecular flexibility index (Phi) is 4.67. The van der Waals surface area contributed by atoms with Crippen LogP contribution in [0.25, 0.3) is 10.8 Å². The monoisotopic (exact) mass is 482 g/mol. The molecule has 3 aliphatic carbocycles. The van der Waals surface area contributed by atoms with E-state index in [1.165, 1.54) is 6.08 Å². The number of benzene rings is 2. The number of hydrogen-bond acceptors (Lipinski definition) is 6. The molecule has 1 fully saturated rings. The van der Waals surface area contributed by atoms with E-state index in [-0.39, 0.29) is 35.7 Å². The number of amides is 4. The van der Waals surface area contributed by atoms with Crippen molar-refractivity contribution in [1.29, 1.82) is 0 Å². The average molecular weight is 482 g/mol. The molecule has 2 aromatic rings. The first-order chi connectivity index (χ1) is 17.2. The van der Waals surface area contributed by atoms with Crippen LogP contribution in [0.2, 0.25) is 0 Å². The fraction of sp³-hybridized carbons (Fsp3) is 0.250. The Morgan fingerprint density at radius 1 is 1.03 bits per heavy atom. The summed E-state index contributed by atoms with van der Waals surface area (Å²) in [5.41, 5.74) is 7.38. The number of likely N-dealkylation sites (tertiary alicyclic amines) is 1. The third kappa shape index (κ3) is 2.84. The van der Waals surface area contributed by atoms with Gasteiger partial charge in [0.1, 0.15) is 5.75 Å². The number of phenolic OH excluding ortho intramolecular Hbond substituents is 1. The van der Waals surface area contributed by atoms with Crippen LogP contribution in [0.5, 0.6) is 5.75 Å². The number of hydrogen-bond donors (Lipinski definition) is 2. The maximum atomic E-state index is 13.4. The molecule has 180 valence electrons. The average Bonchev–Trinajstić information content (AvgIpc) is 3.12. The van der Waals surface area contributed by atoms with Crippen LogP contribution in [-0.2, 0) is 19.2 Å². The van der Waals surface area contributed by atoms with E-state index in [4.69, 9.17) is 5.73 Å². The lowest BCUT2D eigenvalue weighted by Gasteiger charge is -2.42. The first-order valence-electron chi connectivity index (χ1n) is 11.8. The maximum absolute atomic E-state index is 13.4. The number of allylic oxidation sites excluding steroid dienone is 6. The Bertz CT molecular complexity index is 1540. The molecule has 6 rings (SSSR count). The van der Waals surface area contributed by atoms with Crippen molar-refractivity contribution >= 4 is 40.2 Å². The fourth-order valence-corrected chi connectivity index (χ4v) is 6.44. The molecule has 4 amide bonds. The van der Waals surface area contributed by atoms with Gasteiger partial charge in [-0.25, -0.2) is 4.79 Å². The highest BCUT2D eigenvalue weighted by molar-refractivity contribution is 6.24. The second-order valence-electron chi connectivity index (χ2n) is 9.80. The van der Waals surface area contributed by atoms with Gasteiger partial charge < -0.3 is 10.8 Å². The number of fused-ring (bicyclic) bond motifs is 4. The lowest BCUT2D eigenvalue weighted by atomic mass is 9.59. The lowest BCUT2D eigenvalue weighted by Crippen LogP contribution is -2.42. The van der Waals surface area contributed by atoms with Crippen molar-refractivity contribution in [2.24, 2.45) is 23.5 Å². The highest BCUT2D eigenvalue weighted by Crippen LogP contribution is 2.56. The number of aromatic hydroxyl groups is 1. The molecule has 1 saturated heterocycles. The molecule has 4 atom stereocenters. The summed E-state index contributed by atoms with van der Waals surface area (Å²) in [7, 11) is 0. The molecular formula is C28H22N2O6. The summed E-state index contributed by atoms with van der Waals surface area (Å²) in [6, 6.07) is 9.76. The minimum absolute atomic E-state index is 0.00586. The second-order valence-corrected chi connectivity index (χ2v) is 9.80. The number of primary amides is 1. The number of urea groups is 1. The zero-order valence-corrected chi connectivity index (χ0v) is 19.4. The first-order valence-corrected chi connectivity index (χ1v) is 11.8. The van der Waals surface area contributed by atoms with Crippen LogP contribution in [0, 0.1) is 17.8 Å². The number of ketones is 2. The van der Waals surface area contributed by atoms with Crippen molar-refractivity contribution < 1.29 is 29.1 Å². The molecule has 0 bridgehead atoms. The van der Waals surface area contributed by atoms with E-state index in [1.54, 1.807) is 25.1 Å². The molecule has 3 N–H and O–H groups in total. The molecule has 4 aliphatic rings. The van der Waals surface area contributed by atoms with E-state index < -0.39 is 41.5 Å². The van der Waals surface area contributed by atoms with Gasteiger partial charge in [-0.15, -0.1) is 0 Å². The van der Waals surface area contributed by atoms with E-state index in [0.29, 0.717) is 32.6 Å². The standard InChI is InChI=1S/C28H22N2O6/c1-12-10-20(31)19-11-18-15(8-9-17-22(18)27(35)30(26(17)34)28(29)36)21(23(19)24(12)32)16-7-6-13-4-2-3-5-14(13)25(16)33/h2-8,10,17-18,21-22,33H,9,11H2,1H3,(H2,29,36). The van der Waals surface area contributed by atoms with Crippen molar-refractivity contribution in [2.75, 3.05) is 0 Å². The second kappa shape index (κ2) is 7.58. The smallest absolute Gasteiger partial charge is 0.328 e. The third-order valence-electron chi connectivity index (χ3n) is 8.03. The van der Waals surface area contributed by atoms with E-state index in [9.17, 15) is 29.1 Å². The van der Waals surface area contributed by atoms with E-state index >= 15 is 0 Å². The van der Waals surface area contributed by atoms with Crippen LogP contribution in [-0.4, -0.2) is 39.4 Å². The Morgan fingerprint density at radius 3 is 2.53 bits per heavy atom. The number of Topliss-reactive ketones (excluding diaryl/α,β-unsaturated/α-hetero) is 1. The molecule has 0 spiro atoms. The van der Waals surface area contributed by atoms with Gasteiger partial charge in [-0.2, -0.15) is 4.90 Å². The van der Waals surface area contributed by atoms with Gasteiger partial charge in [0.15, 0.2) is 11.6 Å². The van der Waals surface area contributed by atoms with Gasteiger partial charge in [0, 0.05) is 33.6 Å². The highest BCUT2D eigenvalue weighted by Gasteiger charge is 2.57. The van der Waals surface area contributed by atoms with Crippen LogP contribution < -0.4 is 5.73 Å². The van der Waals surface area contributed by atoms with Crippen molar-refractivity contribution in [1.82, 2.24) is 4.90 Å². The fourth-order valence-electron chi connectivity index (χ4n) is 6.44. The summed E-state index contributed by atoms with van der Waals surface area (Å²) in [5, 5.41) is 12.8. The number of nitrogens with two attached hydrogens (primary N) is 1. The molecule has 1 heterocycles. The van der Waals surface area contributed by atoms with Gasteiger partial charge in [0.2, 0.25) is 11.8 Å². The zero-order chi connectivity index (χ0) is 25.5. The number of rotatable bonds is 1. The molecule has 0 aromatic heterocycles. The summed E-state index contributed by atoms with van der Waals surface area (Å²) < 4.78 is 0. The molecule has 8 nitrogen and oxygen atoms in total. The third-order valence-corrected chi connectivity index (χ3v) is 8.03. The molecule has 2 aromatic carbocycles. The largest absolute Gasteiger partial charge is 0.507 e. The molecule has 1 aliphatic heterocycles. The lowest BCUT2D eigenvalue weighted by molar-refractivity contribution is -0.136. The van der Waals surface area contributed by atoms with Gasteiger partial charge in [0.25, 0.3) is 0 Å². The Labute approximate surface area is 205 Å². The molecular weight excluding hydrogens is 460 g/mol. The summed E-state index contributed by atoms with van der Waals surface area (Å²) in [6.45, 7) is 1.59. The van der Waals surface area contributed by atoms with Crippen LogP contribution in [0.1, 0.15) is 31.2 Å². The van der Waals surface area contributed by atoms with Gasteiger partial charge in [0.05, 0.1) is 11.8 Å². The number of imide groups is 3. The van der Waals surface area contributed by atoms with Crippen LogP contribution in [0.4, 0.5) is 4.79 Å². The minimum atomic E-state index is -1.12. The Morgan fingerprint density at radius 2 is 1.78 bits per heavy atom. The van der Waals surface area contributed by atoms with Crippen molar-refractivity contribution in [3.05, 3.63) is 76.4 Å². The predicted octanol–water partition coefficient (Wildman–Crippen LogP) is 3.05. The summed E-state index contributed by atoms with van der Waals surface area (Å²) in [6.07, 6.45) is 3.41. The number of carbonyl (C=O) groups excluding carboxylic acids is 5. The number of nitrogens with zero attached hydrogens (tertiary/aromatic N) is 1. The Balaban J connectivity index is 1.58. The first kappa shape index (κ1) is 22.2. The van der Waals surface area contributed by atoms with E-state index in [0.717, 1.165) is 5.39 Å². The molecule has 0 radical (unpaired) electrons. The number of carbonyl (C=O) groups is 5. The van der Waals surface area contributed by atoms with Gasteiger partial charge in [-0.05, 0) is 37.1 Å². The minimum Gasteiger partial charge on any atom is -0.507 e. The SMILES string of the molecule is CC1=CC(=O)C2=C(C1=O)C(c1ccc3ccccc3c1O)C1=CCC3C(=O)N(C(N)=O)C(=O)C3C1C2. The van der Waals surface area contributed by atoms with Crippen LogP contribution >= 0.6 is 0 Å². The van der Waals surface area contributed by atoms with Gasteiger partial charge in [-0.3, -0.25) is 19.2 Å². The molecule has 0 saturated carbocycles. The van der Waals surface area contributed by atoms with E-state index in [2.05, 4.69) is 0 Å². The van der Waals surface area contributed by atoms with Gasteiger partial charge >= 0.3 is 6.03 Å². The molecule has 36 heavy (non-hydrogen) atoms. The van der Waals surface area contributed by atoms with Crippen molar-refractivity contribution in [3.8, 4) is 5.75 Å². The highest BCUT2D eigenvalue weighted by atomic mass is 16.3. The maximum Gasteiger partial charge on any atom is 0.328 e. The number of phenols is 1. The molecule has 8 heteroatoms. The predicted molar refractivity (Wildman–Crippen MR) is 128 cm³/mol. The topological polar surface area (TPSA) is 135 Å². The molecule has 4 unspecified atom stereocenters. The quantitative estimate of drug-likeness (QED) is 0.364. The summed E-state index contributed by atoms with van der Waals surface area (Å²) >= 11 is 0. The summed E-state index contributed by atoms with van der Waals surface area (Å²) in [5.74, 6) is -4.93. The normalized spacial score (nSPS) is 27.5. The van der Waals surface area contributed by atoms with Crippen molar-refractivity contribution in [2.45, 2.75) is 25.7 Å². The van der Waals surface area contributed by atoms with Crippen LogP contribution in [0.3, 0.4) is 0 Å². The van der Waals surface area contributed by atoms with E-state index in [1.807, 2.05) is 24.3 Å². The zero-order valence-electron chi connectivity index (χ0n) is 19.4. The van der Waals surface area contributed by atoms with Crippen molar-refractivity contribution in [3.63, 3.8) is 0 Å². The summed E-state index contributed by atoms with van der Waals surface area (Å²) in [4.78, 5) is 65.1. The Hall–Kier alpha value is -4.33. The van der Waals surface area contributed by atoms with Gasteiger partial charge in [-0.1, -0.05) is 48.0 Å².